The van der Waals surface area contributed by atoms with E-state index in [1.54, 1.807) is 6.21 Å². The predicted octanol–water partition coefficient (Wildman–Crippen LogP) is 1.24. The molecule has 1 heterocycles. The maximum absolute atomic E-state index is 4.06. The molecule has 15 heavy (non-hydrogen) atoms. The smallest absolute Gasteiger partial charge is 0.0713 e. The fourth-order valence-electron chi connectivity index (χ4n) is 1.84. The zero-order chi connectivity index (χ0) is 10.1. The summed E-state index contributed by atoms with van der Waals surface area (Å²) < 4.78 is 0. The van der Waals surface area contributed by atoms with Crippen molar-refractivity contribution in [1.29, 1.82) is 0 Å². The second kappa shape index (κ2) is 3.24. The lowest BCUT2D eigenvalue weighted by atomic mass is 10.1. The third kappa shape index (κ3) is 1.31. The van der Waals surface area contributed by atoms with Crippen molar-refractivity contribution in [2.24, 2.45) is 5.10 Å². The molecule has 0 aromatic heterocycles. The quantitative estimate of drug-likeness (QED) is 0.660. The first-order chi connectivity index (χ1) is 7.45. The summed E-state index contributed by atoms with van der Waals surface area (Å²) in [7, 11) is 0. The van der Waals surface area contributed by atoms with E-state index in [9.17, 15) is 0 Å². The molecule has 0 spiro atoms. The molecule has 0 saturated heterocycles. The molecule has 0 amide bonds. The number of allylic oxidation sites excluding steroid dienone is 3. The molecule has 3 rings (SSSR count). The zero-order valence-corrected chi connectivity index (χ0v) is 8.14. The summed E-state index contributed by atoms with van der Waals surface area (Å²) in [5.41, 5.74) is 5.35. The Bertz CT molecular complexity index is 604. The average Bonchev–Trinajstić information content (AvgIpc) is 2.54. The van der Waals surface area contributed by atoms with Crippen molar-refractivity contribution in [2.75, 3.05) is 5.43 Å². The molecule has 2 nitrogen and oxygen atoms in total. The van der Waals surface area contributed by atoms with Crippen LogP contribution in [-0.2, 0) is 0 Å². The fourth-order valence-corrected chi connectivity index (χ4v) is 1.84. The Morgan fingerprint density at radius 2 is 1.87 bits per heavy atom. The number of hydrazone groups is 1. The maximum Gasteiger partial charge on any atom is 0.0713 e. The summed E-state index contributed by atoms with van der Waals surface area (Å²) in [5, 5.41) is 6.46. The van der Waals surface area contributed by atoms with Gasteiger partial charge in [-0.15, -0.1) is 0 Å². The molecule has 0 radical (unpaired) electrons. The van der Waals surface area contributed by atoms with Gasteiger partial charge in [-0.1, -0.05) is 42.5 Å². The molecule has 0 saturated carbocycles. The molecule has 72 valence electrons. The van der Waals surface area contributed by atoms with Gasteiger partial charge in [-0.2, -0.15) is 5.10 Å². The summed E-state index contributed by atoms with van der Waals surface area (Å²) in [6.45, 7) is 0. The standard InChI is InChI=1S/C13H10N2/c1-2-4-10-6-7-11-8-9-14-15-13(11)12(10)5-3-1/h1-9,15H. The number of benzene rings is 1. The highest BCUT2D eigenvalue weighted by atomic mass is 15.3. The number of nitrogens with zero attached hydrogens (tertiary/aromatic N) is 1. The molecule has 0 atom stereocenters. The lowest BCUT2D eigenvalue weighted by Gasteiger charge is -2.09. The SMILES string of the molecule is C1=CC=c2ccc3c(c2C=C1)NN=CC=3. The minimum absolute atomic E-state index is 1.09. The van der Waals surface area contributed by atoms with E-state index in [0.29, 0.717) is 0 Å². The number of hydrogen-bond acceptors (Lipinski definition) is 2. The normalized spacial score (nSPS) is 15.5. The second-order valence-electron chi connectivity index (χ2n) is 3.50. The molecule has 0 bridgehead atoms. The minimum Gasteiger partial charge on any atom is -0.277 e. The molecule has 2 heteroatoms. The average molecular weight is 194 g/mol. The van der Waals surface area contributed by atoms with Gasteiger partial charge in [0, 0.05) is 17.0 Å². The Kier molecular flexibility index (Phi) is 1.78. The maximum atomic E-state index is 4.06. The van der Waals surface area contributed by atoms with Gasteiger partial charge in [0.05, 0.1) is 5.69 Å². The van der Waals surface area contributed by atoms with Crippen LogP contribution in [0.3, 0.4) is 0 Å². The molecule has 1 aromatic rings. The van der Waals surface area contributed by atoms with Crippen molar-refractivity contribution in [3.63, 3.8) is 0 Å². The van der Waals surface area contributed by atoms with E-state index in [-0.39, 0.29) is 0 Å². The van der Waals surface area contributed by atoms with Gasteiger partial charge in [-0.25, -0.2) is 0 Å². The van der Waals surface area contributed by atoms with Gasteiger partial charge in [0.15, 0.2) is 0 Å². The lowest BCUT2D eigenvalue weighted by molar-refractivity contribution is 1.31. The van der Waals surface area contributed by atoms with E-state index in [0.717, 1.165) is 5.69 Å². The van der Waals surface area contributed by atoms with E-state index < -0.39 is 0 Å². The first-order valence-corrected chi connectivity index (χ1v) is 4.93. The van der Waals surface area contributed by atoms with Gasteiger partial charge in [0.2, 0.25) is 0 Å². The molecule has 1 N–H and O–H groups in total. The van der Waals surface area contributed by atoms with Gasteiger partial charge in [-0.3, -0.25) is 5.43 Å². The van der Waals surface area contributed by atoms with E-state index in [1.165, 1.54) is 16.0 Å². The van der Waals surface area contributed by atoms with Gasteiger partial charge in [-0.05, 0) is 11.3 Å². The Hall–Kier alpha value is -2.09. The Labute approximate surface area is 87.6 Å². The van der Waals surface area contributed by atoms with Crippen molar-refractivity contribution < 1.29 is 0 Å². The summed E-state index contributed by atoms with van der Waals surface area (Å²) in [6, 6.07) is 4.24. The molecule has 0 fully saturated rings. The highest BCUT2D eigenvalue weighted by molar-refractivity contribution is 5.95. The van der Waals surface area contributed by atoms with Crippen LogP contribution in [0.25, 0.3) is 18.2 Å². The summed E-state index contributed by atoms with van der Waals surface area (Å²) in [4.78, 5) is 0. The van der Waals surface area contributed by atoms with Gasteiger partial charge in [0.1, 0.15) is 0 Å². The molecule has 1 aliphatic heterocycles. The molecule has 1 aromatic carbocycles. The molecular weight excluding hydrogens is 184 g/mol. The van der Waals surface area contributed by atoms with Crippen LogP contribution >= 0.6 is 0 Å². The van der Waals surface area contributed by atoms with Crippen LogP contribution in [0.4, 0.5) is 5.69 Å². The van der Waals surface area contributed by atoms with Crippen molar-refractivity contribution in [3.05, 3.63) is 46.4 Å². The van der Waals surface area contributed by atoms with Crippen LogP contribution in [-0.4, -0.2) is 6.21 Å². The van der Waals surface area contributed by atoms with Crippen LogP contribution in [0.15, 0.2) is 35.5 Å². The third-order valence-corrected chi connectivity index (χ3v) is 2.58. The van der Waals surface area contributed by atoms with Crippen LogP contribution in [0, 0.1) is 0 Å². The lowest BCUT2D eigenvalue weighted by Crippen LogP contribution is -2.20. The van der Waals surface area contributed by atoms with Gasteiger partial charge >= 0.3 is 0 Å². The second-order valence-corrected chi connectivity index (χ2v) is 3.50. The van der Waals surface area contributed by atoms with Crippen molar-refractivity contribution in [3.8, 4) is 0 Å². The molecule has 2 aliphatic rings. The van der Waals surface area contributed by atoms with Gasteiger partial charge in [0.25, 0.3) is 0 Å². The minimum atomic E-state index is 1.09. The van der Waals surface area contributed by atoms with Crippen LogP contribution < -0.4 is 15.9 Å². The first-order valence-electron chi connectivity index (χ1n) is 4.93. The van der Waals surface area contributed by atoms with Gasteiger partial charge < -0.3 is 0 Å². The van der Waals surface area contributed by atoms with E-state index >= 15 is 0 Å². The largest absolute Gasteiger partial charge is 0.277 e. The molecular formula is C13H10N2. The van der Waals surface area contributed by atoms with E-state index in [4.69, 9.17) is 0 Å². The third-order valence-electron chi connectivity index (χ3n) is 2.58. The van der Waals surface area contributed by atoms with Crippen molar-refractivity contribution >= 4 is 30.1 Å². The summed E-state index contributed by atoms with van der Waals surface area (Å²) in [6.07, 6.45) is 14.1. The highest BCUT2D eigenvalue weighted by Crippen LogP contribution is 2.11. The predicted molar refractivity (Wildman–Crippen MR) is 64.9 cm³/mol. The zero-order valence-electron chi connectivity index (χ0n) is 8.14. The van der Waals surface area contributed by atoms with Crippen molar-refractivity contribution in [1.82, 2.24) is 0 Å². The van der Waals surface area contributed by atoms with Crippen LogP contribution in [0.5, 0.6) is 0 Å². The molecule has 1 aliphatic carbocycles. The first kappa shape index (κ1) is 8.24. The van der Waals surface area contributed by atoms with Crippen LogP contribution in [0.2, 0.25) is 0 Å². The number of fused-ring (bicyclic) bond motifs is 3. The highest BCUT2D eigenvalue weighted by Gasteiger charge is 2.04. The Morgan fingerprint density at radius 3 is 2.87 bits per heavy atom. The Morgan fingerprint density at radius 1 is 0.933 bits per heavy atom. The summed E-state index contributed by atoms with van der Waals surface area (Å²) >= 11 is 0. The number of anilines is 1. The van der Waals surface area contributed by atoms with Crippen LogP contribution in [0.1, 0.15) is 5.56 Å². The number of nitrogens with one attached hydrogen (secondary N) is 1. The number of rotatable bonds is 0. The van der Waals surface area contributed by atoms with E-state index in [1.807, 2.05) is 24.3 Å². The number of hydrogen-bond donors (Lipinski definition) is 1. The topological polar surface area (TPSA) is 24.4 Å². The molecule has 0 unspecified atom stereocenters. The van der Waals surface area contributed by atoms with E-state index in [2.05, 4.69) is 34.8 Å². The van der Waals surface area contributed by atoms with Crippen molar-refractivity contribution in [2.45, 2.75) is 0 Å². The monoisotopic (exact) mass is 194 g/mol. The fraction of sp³-hybridized carbons (Fsp3) is 0. The Balaban J connectivity index is 2.41. The summed E-state index contributed by atoms with van der Waals surface area (Å²) in [5.74, 6) is 0.